The Bertz CT molecular complexity index is 377. The standard InChI is InChI=1S/C15H22O/c1-11(16)13-8-7-12-6-4-5-9-15(2,3)14(12)10-13/h7-8,10-11,16H,4-6,9H2,1-3H3. The fraction of sp³-hybridized carbons (Fsp3) is 0.600. The number of aliphatic hydroxyl groups is 1. The van der Waals surface area contributed by atoms with E-state index in [-0.39, 0.29) is 11.5 Å². The zero-order valence-electron chi connectivity index (χ0n) is 10.6. The summed E-state index contributed by atoms with van der Waals surface area (Å²) in [5.74, 6) is 0. The van der Waals surface area contributed by atoms with Crippen LogP contribution >= 0.6 is 0 Å². The van der Waals surface area contributed by atoms with Gasteiger partial charge in [0.1, 0.15) is 0 Å². The van der Waals surface area contributed by atoms with Crippen LogP contribution < -0.4 is 0 Å². The van der Waals surface area contributed by atoms with Crippen LogP contribution in [0.2, 0.25) is 0 Å². The molecule has 0 spiro atoms. The summed E-state index contributed by atoms with van der Waals surface area (Å²) in [6.45, 7) is 6.48. The lowest BCUT2D eigenvalue weighted by molar-refractivity contribution is 0.199. The largest absolute Gasteiger partial charge is 0.389 e. The second-order valence-electron chi connectivity index (χ2n) is 5.68. The van der Waals surface area contributed by atoms with Gasteiger partial charge in [-0.3, -0.25) is 0 Å². The molecule has 0 aromatic heterocycles. The first kappa shape index (κ1) is 11.7. The van der Waals surface area contributed by atoms with E-state index in [2.05, 4.69) is 32.0 Å². The van der Waals surface area contributed by atoms with Crippen LogP contribution in [0.1, 0.15) is 62.8 Å². The number of benzene rings is 1. The fourth-order valence-corrected chi connectivity index (χ4v) is 2.72. The quantitative estimate of drug-likeness (QED) is 0.712. The Balaban J connectivity index is 2.49. The SMILES string of the molecule is CC(O)c1ccc2c(c1)C(C)(C)CCCC2. The van der Waals surface area contributed by atoms with Crippen molar-refractivity contribution in [2.24, 2.45) is 0 Å². The van der Waals surface area contributed by atoms with Gasteiger partial charge in [-0.2, -0.15) is 0 Å². The Kier molecular flexibility index (Phi) is 3.07. The molecule has 0 aliphatic heterocycles. The number of rotatable bonds is 1. The highest BCUT2D eigenvalue weighted by Crippen LogP contribution is 2.36. The topological polar surface area (TPSA) is 20.2 Å². The van der Waals surface area contributed by atoms with Crippen molar-refractivity contribution in [2.75, 3.05) is 0 Å². The lowest BCUT2D eigenvalue weighted by atomic mass is 9.79. The van der Waals surface area contributed by atoms with Crippen LogP contribution in [0.25, 0.3) is 0 Å². The first-order valence-electron chi connectivity index (χ1n) is 6.32. The third-order valence-electron chi connectivity index (χ3n) is 3.84. The van der Waals surface area contributed by atoms with Crippen molar-refractivity contribution in [2.45, 2.75) is 58.0 Å². The highest BCUT2D eigenvalue weighted by molar-refractivity contribution is 5.38. The summed E-state index contributed by atoms with van der Waals surface area (Å²) in [5, 5.41) is 9.67. The van der Waals surface area contributed by atoms with Crippen molar-refractivity contribution in [3.05, 3.63) is 34.9 Å². The van der Waals surface area contributed by atoms with Gasteiger partial charge in [-0.15, -0.1) is 0 Å². The molecule has 0 radical (unpaired) electrons. The van der Waals surface area contributed by atoms with Crippen LogP contribution in [0, 0.1) is 0 Å². The van der Waals surface area contributed by atoms with E-state index in [1.807, 2.05) is 6.92 Å². The molecule has 16 heavy (non-hydrogen) atoms. The summed E-state index contributed by atoms with van der Waals surface area (Å²) in [7, 11) is 0. The summed E-state index contributed by atoms with van der Waals surface area (Å²) in [6, 6.07) is 6.50. The van der Waals surface area contributed by atoms with Crippen molar-refractivity contribution in [1.29, 1.82) is 0 Å². The number of hydrogen-bond acceptors (Lipinski definition) is 1. The van der Waals surface area contributed by atoms with E-state index in [9.17, 15) is 5.11 Å². The van der Waals surface area contributed by atoms with E-state index in [1.165, 1.54) is 36.8 Å². The maximum atomic E-state index is 9.67. The number of aliphatic hydroxyl groups excluding tert-OH is 1. The average molecular weight is 218 g/mol. The van der Waals surface area contributed by atoms with Crippen molar-refractivity contribution in [3.63, 3.8) is 0 Å². The molecular weight excluding hydrogens is 196 g/mol. The molecule has 1 heteroatoms. The molecule has 1 aromatic carbocycles. The molecule has 0 amide bonds. The van der Waals surface area contributed by atoms with Crippen LogP contribution in [0.5, 0.6) is 0 Å². The van der Waals surface area contributed by atoms with Crippen LogP contribution in [0.3, 0.4) is 0 Å². The molecule has 1 atom stereocenters. The smallest absolute Gasteiger partial charge is 0.0762 e. The number of hydrogen-bond donors (Lipinski definition) is 1. The molecule has 2 rings (SSSR count). The maximum Gasteiger partial charge on any atom is 0.0762 e. The summed E-state index contributed by atoms with van der Waals surface area (Å²) < 4.78 is 0. The van der Waals surface area contributed by atoms with Gasteiger partial charge < -0.3 is 5.11 Å². The maximum absolute atomic E-state index is 9.67. The molecule has 1 unspecified atom stereocenters. The highest BCUT2D eigenvalue weighted by Gasteiger charge is 2.26. The predicted molar refractivity (Wildman–Crippen MR) is 67.7 cm³/mol. The van der Waals surface area contributed by atoms with Crippen LogP contribution in [-0.2, 0) is 11.8 Å². The molecule has 0 bridgehead atoms. The molecule has 0 saturated carbocycles. The molecule has 1 aliphatic rings. The minimum atomic E-state index is -0.357. The van der Waals surface area contributed by atoms with E-state index in [4.69, 9.17) is 0 Å². The fourth-order valence-electron chi connectivity index (χ4n) is 2.72. The lowest BCUT2D eigenvalue weighted by Gasteiger charge is -2.26. The third kappa shape index (κ3) is 2.15. The third-order valence-corrected chi connectivity index (χ3v) is 3.84. The van der Waals surface area contributed by atoms with E-state index >= 15 is 0 Å². The first-order chi connectivity index (χ1) is 7.50. The van der Waals surface area contributed by atoms with Crippen LogP contribution in [0.15, 0.2) is 18.2 Å². The number of aryl methyl sites for hydroxylation is 1. The minimum Gasteiger partial charge on any atom is -0.389 e. The summed E-state index contributed by atoms with van der Waals surface area (Å²) in [6.07, 6.45) is 4.70. The Morgan fingerprint density at radius 1 is 1.25 bits per heavy atom. The molecule has 88 valence electrons. The lowest BCUT2D eigenvalue weighted by Crippen LogP contribution is -2.17. The van der Waals surface area contributed by atoms with Crippen molar-refractivity contribution < 1.29 is 5.11 Å². The van der Waals surface area contributed by atoms with Gasteiger partial charge in [0.25, 0.3) is 0 Å². The molecule has 1 nitrogen and oxygen atoms in total. The molecular formula is C15H22O. The molecule has 1 aliphatic carbocycles. The second kappa shape index (κ2) is 4.21. The van der Waals surface area contributed by atoms with Gasteiger partial charge in [0, 0.05) is 0 Å². The molecule has 0 saturated heterocycles. The van der Waals surface area contributed by atoms with E-state index in [0.717, 1.165) is 5.56 Å². The van der Waals surface area contributed by atoms with E-state index in [0.29, 0.717) is 0 Å². The molecule has 1 aromatic rings. The van der Waals surface area contributed by atoms with Gasteiger partial charge >= 0.3 is 0 Å². The molecule has 0 heterocycles. The van der Waals surface area contributed by atoms with Gasteiger partial charge in [-0.1, -0.05) is 38.5 Å². The van der Waals surface area contributed by atoms with Crippen LogP contribution in [0.4, 0.5) is 0 Å². The average Bonchev–Trinajstić information content (AvgIpc) is 2.37. The summed E-state index contributed by atoms with van der Waals surface area (Å²) >= 11 is 0. The van der Waals surface area contributed by atoms with Gasteiger partial charge in [0.2, 0.25) is 0 Å². The molecule has 0 fully saturated rings. The van der Waals surface area contributed by atoms with Crippen LogP contribution in [-0.4, -0.2) is 5.11 Å². The van der Waals surface area contributed by atoms with Gasteiger partial charge in [0.05, 0.1) is 6.10 Å². The minimum absolute atomic E-state index is 0.261. The zero-order valence-corrected chi connectivity index (χ0v) is 10.6. The van der Waals surface area contributed by atoms with Crippen molar-refractivity contribution in [1.82, 2.24) is 0 Å². The highest BCUT2D eigenvalue weighted by atomic mass is 16.3. The zero-order chi connectivity index (χ0) is 11.8. The predicted octanol–water partition coefficient (Wildman–Crippen LogP) is 3.74. The summed E-state index contributed by atoms with van der Waals surface area (Å²) in [4.78, 5) is 0. The summed E-state index contributed by atoms with van der Waals surface area (Å²) in [5.41, 5.74) is 4.24. The molecule has 1 N–H and O–H groups in total. The monoisotopic (exact) mass is 218 g/mol. The second-order valence-corrected chi connectivity index (χ2v) is 5.68. The number of fused-ring (bicyclic) bond motifs is 1. The van der Waals surface area contributed by atoms with Gasteiger partial charge in [-0.25, -0.2) is 0 Å². The Labute approximate surface area is 98.5 Å². The Hall–Kier alpha value is -0.820. The Morgan fingerprint density at radius 3 is 2.69 bits per heavy atom. The van der Waals surface area contributed by atoms with Crippen molar-refractivity contribution in [3.8, 4) is 0 Å². The van der Waals surface area contributed by atoms with E-state index < -0.39 is 0 Å². The normalized spacial score (nSPS) is 21.0. The van der Waals surface area contributed by atoms with Gasteiger partial charge in [-0.05, 0) is 48.3 Å². The Morgan fingerprint density at radius 2 is 2.00 bits per heavy atom. The first-order valence-corrected chi connectivity index (χ1v) is 6.32. The van der Waals surface area contributed by atoms with Gasteiger partial charge in [0.15, 0.2) is 0 Å². The van der Waals surface area contributed by atoms with E-state index in [1.54, 1.807) is 0 Å². The van der Waals surface area contributed by atoms with Crippen molar-refractivity contribution >= 4 is 0 Å².